The number of carbonyl (C=O) groups excluding carboxylic acids is 1. The second-order valence-electron chi connectivity index (χ2n) is 7.70. The van der Waals surface area contributed by atoms with E-state index in [1.807, 2.05) is 44.0 Å². The number of furan rings is 1. The van der Waals surface area contributed by atoms with E-state index >= 15 is 0 Å². The van der Waals surface area contributed by atoms with E-state index in [-0.39, 0.29) is 11.7 Å². The molecule has 0 unspecified atom stereocenters. The van der Waals surface area contributed by atoms with Gasteiger partial charge in [0.05, 0.1) is 5.56 Å². The number of nitrogens with zero attached hydrogens (tertiary/aromatic N) is 2. The van der Waals surface area contributed by atoms with Crippen LogP contribution in [-0.2, 0) is 6.42 Å². The fourth-order valence-electron chi connectivity index (χ4n) is 3.96. The quantitative estimate of drug-likeness (QED) is 0.767. The van der Waals surface area contributed by atoms with Crippen molar-refractivity contribution in [3.8, 4) is 0 Å². The van der Waals surface area contributed by atoms with Crippen molar-refractivity contribution in [2.45, 2.75) is 33.1 Å². The van der Waals surface area contributed by atoms with Crippen molar-refractivity contribution in [2.75, 3.05) is 33.2 Å². The van der Waals surface area contributed by atoms with Gasteiger partial charge in [0.15, 0.2) is 0 Å². The van der Waals surface area contributed by atoms with Crippen molar-refractivity contribution in [1.82, 2.24) is 9.80 Å². The second kappa shape index (κ2) is 8.70. The van der Waals surface area contributed by atoms with Crippen LogP contribution >= 0.6 is 0 Å². The molecule has 1 saturated heterocycles. The van der Waals surface area contributed by atoms with Crippen LogP contribution in [0.15, 0.2) is 34.7 Å². The van der Waals surface area contributed by atoms with Gasteiger partial charge in [0.1, 0.15) is 17.3 Å². The van der Waals surface area contributed by atoms with Crippen molar-refractivity contribution < 1.29 is 13.6 Å². The van der Waals surface area contributed by atoms with Crippen LogP contribution in [0.25, 0.3) is 0 Å². The predicted octanol–water partition coefficient (Wildman–Crippen LogP) is 4.06. The summed E-state index contributed by atoms with van der Waals surface area (Å²) in [5.41, 5.74) is 1.83. The van der Waals surface area contributed by atoms with Gasteiger partial charge in [-0.15, -0.1) is 0 Å². The number of amides is 1. The number of benzene rings is 1. The Morgan fingerprint density at radius 1 is 1.30 bits per heavy atom. The zero-order valence-corrected chi connectivity index (χ0v) is 16.5. The van der Waals surface area contributed by atoms with Gasteiger partial charge >= 0.3 is 0 Å². The van der Waals surface area contributed by atoms with Crippen molar-refractivity contribution in [3.05, 3.63) is 58.8 Å². The van der Waals surface area contributed by atoms with Crippen LogP contribution in [-0.4, -0.2) is 48.9 Å². The predicted molar refractivity (Wildman–Crippen MR) is 104 cm³/mol. The van der Waals surface area contributed by atoms with Gasteiger partial charge in [-0.1, -0.05) is 12.1 Å². The molecule has 0 spiro atoms. The third-order valence-electron chi connectivity index (χ3n) is 5.38. The number of piperidine rings is 1. The lowest BCUT2D eigenvalue weighted by atomic mass is 9.96. The molecule has 146 valence electrons. The van der Waals surface area contributed by atoms with E-state index in [0.717, 1.165) is 56.8 Å². The maximum absolute atomic E-state index is 13.0. The highest BCUT2D eigenvalue weighted by atomic mass is 19.1. The van der Waals surface area contributed by atoms with Crippen LogP contribution in [0.1, 0.15) is 40.3 Å². The zero-order valence-electron chi connectivity index (χ0n) is 16.5. The van der Waals surface area contributed by atoms with E-state index in [9.17, 15) is 9.18 Å². The van der Waals surface area contributed by atoms with Crippen LogP contribution < -0.4 is 0 Å². The Kier molecular flexibility index (Phi) is 6.32. The third kappa shape index (κ3) is 5.19. The maximum atomic E-state index is 13.0. The summed E-state index contributed by atoms with van der Waals surface area (Å²) >= 11 is 0. The Labute approximate surface area is 161 Å². The fourth-order valence-corrected chi connectivity index (χ4v) is 3.96. The smallest absolute Gasteiger partial charge is 0.257 e. The molecule has 0 bridgehead atoms. The minimum absolute atomic E-state index is 0.0350. The van der Waals surface area contributed by atoms with Crippen LogP contribution in [0.2, 0.25) is 0 Å². The number of hydrogen-bond donors (Lipinski definition) is 0. The molecule has 4 nitrogen and oxygen atoms in total. The van der Waals surface area contributed by atoms with E-state index < -0.39 is 0 Å². The summed E-state index contributed by atoms with van der Waals surface area (Å²) in [6.07, 6.45) is 3.23. The maximum Gasteiger partial charge on any atom is 0.257 e. The van der Waals surface area contributed by atoms with Gasteiger partial charge in [0.2, 0.25) is 0 Å². The van der Waals surface area contributed by atoms with Crippen LogP contribution in [0.5, 0.6) is 0 Å². The summed E-state index contributed by atoms with van der Waals surface area (Å²) in [6.45, 7) is 7.53. The number of rotatable bonds is 6. The SMILES string of the molecule is Cc1cc(C(=O)N(C)C[C@@H]2CCCN(CCc3ccc(F)cc3)C2)c(C)o1. The highest BCUT2D eigenvalue weighted by molar-refractivity contribution is 5.95. The van der Waals surface area contributed by atoms with Crippen molar-refractivity contribution in [2.24, 2.45) is 5.92 Å². The molecule has 27 heavy (non-hydrogen) atoms. The van der Waals surface area contributed by atoms with Gasteiger partial charge in [-0.3, -0.25) is 4.79 Å². The average Bonchev–Trinajstić information content (AvgIpc) is 2.99. The molecule has 2 heterocycles. The second-order valence-corrected chi connectivity index (χ2v) is 7.70. The first-order valence-corrected chi connectivity index (χ1v) is 9.71. The normalized spacial score (nSPS) is 17.9. The summed E-state index contributed by atoms with van der Waals surface area (Å²) in [5, 5.41) is 0. The first-order valence-electron chi connectivity index (χ1n) is 9.71. The molecule has 2 aromatic rings. The first kappa shape index (κ1) is 19.6. The molecule has 1 atom stereocenters. The monoisotopic (exact) mass is 372 g/mol. The van der Waals surface area contributed by atoms with E-state index in [1.165, 1.54) is 12.1 Å². The molecule has 0 radical (unpaired) electrons. The number of halogens is 1. The standard InChI is InChI=1S/C22H29FN2O2/c1-16-13-21(17(2)27-16)22(26)24(3)14-19-5-4-11-25(15-19)12-10-18-6-8-20(23)9-7-18/h6-9,13,19H,4-5,10-12,14-15H2,1-3H3/t19-/m0/s1. The molecule has 1 aromatic carbocycles. The van der Waals surface area contributed by atoms with Gasteiger partial charge in [-0.25, -0.2) is 4.39 Å². The molecular formula is C22H29FN2O2. The molecule has 0 saturated carbocycles. The van der Waals surface area contributed by atoms with E-state index in [2.05, 4.69) is 4.90 Å². The van der Waals surface area contributed by atoms with Crippen LogP contribution in [0.4, 0.5) is 4.39 Å². The fraction of sp³-hybridized carbons (Fsp3) is 0.500. The number of aryl methyl sites for hydroxylation is 2. The number of likely N-dealkylation sites (tertiary alicyclic amines) is 1. The molecular weight excluding hydrogens is 343 g/mol. The summed E-state index contributed by atoms with van der Waals surface area (Å²) in [4.78, 5) is 17.0. The Hall–Kier alpha value is -2.14. The lowest BCUT2D eigenvalue weighted by molar-refractivity contribution is 0.0728. The summed E-state index contributed by atoms with van der Waals surface area (Å²) in [7, 11) is 1.88. The lowest BCUT2D eigenvalue weighted by Crippen LogP contribution is -2.42. The summed E-state index contributed by atoms with van der Waals surface area (Å²) < 4.78 is 18.5. The molecule has 3 rings (SSSR count). The Morgan fingerprint density at radius 3 is 2.70 bits per heavy atom. The van der Waals surface area contributed by atoms with Gasteiger partial charge in [-0.05, 0) is 69.3 Å². The molecule has 5 heteroatoms. The Morgan fingerprint density at radius 2 is 2.04 bits per heavy atom. The Balaban J connectivity index is 1.50. The number of hydrogen-bond acceptors (Lipinski definition) is 3. The molecule has 1 fully saturated rings. The minimum Gasteiger partial charge on any atom is -0.466 e. The van der Waals surface area contributed by atoms with Gasteiger partial charge in [-0.2, -0.15) is 0 Å². The Bertz CT molecular complexity index is 769. The largest absolute Gasteiger partial charge is 0.466 e. The highest BCUT2D eigenvalue weighted by Gasteiger charge is 2.24. The first-order chi connectivity index (χ1) is 12.9. The topological polar surface area (TPSA) is 36.7 Å². The molecule has 0 N–H and O–H groups in total. The number of carbonyl (C=O) groups is 1. The lowest BCUT2D eigenvalue weighted by Gasteiger charge is -2.34. The van der Waals surface area contributed by atoms with Gasteiger partial charge < -0.3 is 14.2 Å². The highest BCUT2D eigenvalue weighted by Crippen LogP contribution is 2.20. The van der Waals surface area contributed by atoms with Crippen LogP contribution in [0, 0.1) is 25.6 Å². The summed E-state index contributed by atoms with van der Waals surface area (Å²) in [6, 6.07) is 8.59. The molecule has 1 aliphatic rings. The van der Waals surface area contributed by atoms with E-state index in [1.54, 1.807) is 0 Å². The summed E-state index contributed by atoms with van der Waals surface area (Å²) in [5.74, 6) is 1.79. The van der Waals surface area contributed by atoms with Gasteiger partial charge in [0.25, 0.3) is 5.91 Å². The minimum atomic E-state index is -0.187. The molecule has 0 aliphatic carbocycles. The van der Waals surface area contributed by atoms with Crippen molar-refractivity contribution in [1.29, 1.82) is 0 Å². The zero-order chi connectivity index (χ0) is 19.4. The average molecular weight is 372 g/mol. The van der Waals surface area contributed by atoms with Crippen LogP contribution in [0.3, 0.4) is 0 Å². The molecule has 1 amide bonds. The van der Waals surface area contributed by atoms with E-state index in [4.69, 9.17) is 4.42 Å². The van der Waals surface area contributed by atoms with Gasteiger partial charge in [0, 0.05) is 26.7 Å². The van der Waals surface area contributed by atoms with Crippen molar-refractivity contribution >= 4 is 5.91 Å². The molecule has 1 aromatic heterocycles. The third-order valence-corrected chi connectivity index (χ3v) is 5.38. The molecule has 1 aliphatic heterocycles. The van der Waals surface area contributed by atoms with Crippen molar-refractivity contribution in [3.63, 3.8) is 0 Å². The van der Waals surface area contributed by atoms with E-state index in [0.29, 0.717) is 17.2 Å².